The second-order valence-electron chi connectivity index (χ2n) is 5.78. The van der Waals surface area contributed by atoms with Crippen LogP contribution in [-0.4, -0.2) is 39.4 Å². The first-order chi connectivity index (χ1) is 9.49. The van der Waals surface area contributed by atoms with Crippen molar-refractivity contribution in [2.75, 3.05) is 39.4 Å². The molecule has 0 aliphatic rings. The van der Waals surface area contributed by atoms with Crippen LogP contribution in [0.3, 0.4) is 0 Å². The van der Waals surface area contributed by atoms with Gasteiger partial charge in [0, 0.05) is 14.2 Å². The first kappa shape index (κ1) is 22.9. The molecular formula is C15H38O3P2. The molecule has 0 rings (SSSR count). The van der Waals surface area contributed by atoms with Gasteiger partial charge in [-0.3, -0.25) is 4.57 Å². The van der Waals surface area contributed by atoms with Gasteiger partial charge in [0.2, 0.25) is 0 Å². The van der Waals surface area contributed by atoms with E-state index in [2.05, 4.69) is 36.5 Å². The Bertz CT molecular complexity index is 195. The third kappa shape index (κ3) is 15.0. The van der Waals surface area contributed by atoms with Crippen LogP contribution in [-0.2, 0) is 13.6 Å². The van der Waals surface area contributed by atoms with Crippen LogP contribution in [0.15, 0.2) is 0 Å². The summed E-state index contributed by atoms with van der Waals surface area (Å²) < 4.78 is 18.4. The van der Waals surface area contributed by atoms with Crippen molar-refractivity contribution < 1.29 is 13.6 Å². The number of rotatable bonds is 11. The molecule has 0 saturated carbocycles. The molecule has 0 amide bonds. The van der Waals surface area contributed by atoms with E-state index < -0.39 is 15.5 Å². The normalized spacial score (nSPS) is 12.2. The smallest absolute Gasteiger partial charge is 0.314 e. The van der Waals surface area contributed by atoms with E-state index in [4.69, 9.17) is 0 Å². The predicted octanol–water partition coefficient (Wildman–Crippen LogP) is 5.44. The average molecular weight is 328 g/mol. The van der Waals surface area contributed by atoms with Gasteiger partial charge in [-0.05, 0) is 0 Å². The van der Waals surface area contributed by atoms with Crippen LogP contribution in [0.5, 0.6) is 0 Å². The Morgan fingerprint density at radius 1 is 0.800 bits per heavy atom. The standard InChI is InChI=1S/C13H31P.C2H7O3P/c1-5-8-11-14(4,12-9-6-2)13-10-7-3;1-4-6(3)5-2/h14H,5-13H2,1-4H3;6H,1-2H3. The molecule has 0 radical (unpaired) electrons. The molecule has 0 spiro atoms. The molecule has 0 aliphatic heterocycles. The fourth-order valence-electron chi connectivity index (χ4n) is 2.27. The SMILES string of the molecule is CCCC[PH](C)(CCCC)CCCC.CO[PH](=O)OC. The molecule has 126 valence electrons. The van der Waals surface area contributed by atoms with E-state index in [1.807, 2.05) is 0 Å². The van der Waals surface area contributed by atoms with E-state index in [0.717, 1.165) is 0 Å². The van der Waals surface area contributed by atoms with Gasteiger partial charge in [0.1, 0.15) is 0 Å². The third-order valence-electron chi connectivity index (χ3n) is 3.73. The zero-order valence-corrected chi connectivity index (χ0v) is 16.6. The minimum absolute atomic E-state index is 0.812. The van der Waals surface area contributed by atoms with Crippen LogP contribution >= 0.6 is 15.5 Å². The summed E-state index contributed by atoms with van der Waals surface area (Å²) in [7, 11) is -0.254. The molecule has 3 nitrogen and oxygen atoms in total. The van der Waals surface area contributed by atoms with E-state index >= 15 is 0 Å². The van der Waals surface area contributed by atoms with E-state index in [-0.39, 0.29) is 0 Å². The number of unbranched alkanes of at least 4 members (excludes halogenated alkanes) is 3. The molecule has 0 aliphatic carbocycles. The first-order valence-electron chi connectivity index (χ1n) is 8.11. The van der Waals surface area contributed by atoms with Gasteiger partial charge in [-0.25, -0.2) is 0 Å². The maximum absolute atomic E-state index is 9.92. The molecule has 0 heterocycles. The Morgan fingerprint density at radius 3 is 1.25 bits per heavy atom. The summed E-state index contributed by atoms with van der Waals surface area (Å²) in [6.07, 6.45) is 13.4. The van der Waals surface area contributed by atoms with Crippen LogP contribution < -0.4 is 0 Å². The van der Waals surface area contributed by atoms with E-state index in [1.54, 1.807) is 18.5 Å². The zero-order chi connectivity index (χ0) is 15.9. The van der Waals surface area contributed by atoms with Crippen molar-refractivity contribution in [1.82, 2.24) is 0 Å². The minimum atomic E-state index is -2.12. The molecule has 20 heavy (non-hydrogen) atoms. The Balaban J connectivity index is 0. The van der Waals surface area contributed by atoms with Gasteiger partial charge < -0.3 is 9.05 Å². The van der Waals surface area contributed by atoms with Crippen LogP contribution in [0, 0.1) is 0 Å². The van der Waals surface area contributed by atoms with Crippen LogP contribution in [0.25, 0.3) is 0 Å². The largest absolute Gasteiger partial charge is 0.318 e. The van der Waals surface area contributed by atoms with Gasteiger partial charge in [0.15, 0.2) is 0 Å². The number of hydrogen-bond acceptors (Lipinski definition) is 3. The molecule has 0 aromatic carbocycles. The fourth-order valence-corrected chi connectivity index (χ4v) is 6.81. The number of hydrogen-bond donors (Lipinski definition) is 0. The summed E-state index contributed by atoms with van der Waals surface area (Å²) in [6, 6.07) is 0. The van der Waals surface area contributed by atoms with Gasteiger partial charge in [0.05, 0.1) is 0 Å². The Kier molecular flexibility index (Phi) is 18.2. The summed E-state index contributed by atoms with van der Waals surface area (Å²) in [5.41, 5.74) is 0. The molecule has 5 heteroatoms. The van der Waals surface area contributed by atoms with Gasteiger partial charge in [-0.15, -0.1) is 0 Å². The van der Waals surface area contributed by atoms with Crippen molar-refractivity contribution in [1.29, 1.82) is 0 Å². The maximum Gasteiger partial charge on any atom is 0.318 e. The molecule has 0 bridgehead atoms. The predicted molar refractivity (Wildman–Crippen MR) is 96.6 cm³/mol. The van der Waals surface area contributed by atoms with E-state index in [0.29, 0.717) is 0 Å². The van der Waals surface area contributed by atoms with Gasteiger partial charge in [0.25, 0.3) is 0 Å². The molecule has 0 unspecified atom stereocenters. The Morgan fingerprint density at radius 2 is 1.10 bits per heavy atom. The fraction of sp³-hybridized carbons (Fsp3) is 1.00. The summed E-state index contributed by atoms with van der Waals surface area (Å²) >= 11 is 0. The second kappa shape index (κ2) is 16.0. The van der Waals surface area contributed by atoms with Gasteiger partial charge >= 0.3 is 100.0 Å². The molecule has 0 aromatic heterocycles. The quantitative estimate of drug-likeness (QED) is 0.474. The van der Waals surface area contributed by atoms with Crippen molar-refractivity contribution in [3.8, 4) is 0 Å². The molecular weight excluding hydrogens is 290 g/mol. The summed E-state index contributed by atoms with van der Waals surface area (Å²) in [6.45, 7) is 9.63. The Hall–Kier alpha value is 0.580. The monoisotopic (exact) mass is 328 g/mol. The second-order valence-corrected chi connectivity index (χ2v) is 12.2. The van der Waals surface area contributed by atoms with E-state index in [1.165, 1.54) is 52.7 Å². The van der Waals surface area contributed by atoms with Crippen LogP contribution in [0.2, 0.25) is 0 Å². The Labute approximate surface area is 128 Å². The van der Waals surface area contributed by atoms with Crippen molar-refractivity contribution >= 4 is 15.5 Å². The molecule has 0 fully saturated rings. The van der Waals surface area contributed by atoms with Crippen LogP contribution in [0.1, 0.15) is 59.3 Å². The van der Waals surface area contributed by atoms with E-state index in [9.17, 15) is 4.57 Å². The van der Waals surface area contributed by atoms with Crippen molar-refractivity contribution in [3.63, 3.8) is 0 Å². The molecule has 0 aromatic rings. The first-order valence-corrected chi connectivity index (χ1v) is 12.5. The molecule has 0 N–H and O–H groups in total. The van der Waals surface area contributed by atoms with Crippen LogP contribution in [0.4, 0.5) is 0 Å². The maximum atomic E-state index is 9.92. The third-order valence-corrected chi connectivity index (χ3v) is 9.08. The molecule has 0 saturated heterocycles. The average Bonchev–Trinajstić information content (AvgIpc) is 2.49. The minimum Gasteiger partial charge on any atom is -0.314 e. The van der Waals surface area contributed by atoms with Gasteiger partial charge in [-0.1, -0.05) is 0 Å². The van der Waals surface area contributed by atoms with Crippen molar-refractivity contribution in [2.45, 2.75) is 59.3 Å². The van der Waals surface area contributed by atoms with Crippen molar-refractivity contribution in [2.24, 2.45) is 0 Å². The summed E-state index contributed by atoms with van der Waals surface area (Å²) in [5.74, 6) is 0. The summed E-state index contributed by atoms with van der Waals surface area (Å²) in [5, 5.41) is 0. The topological polar surface area (TPSA) is 35.5 Å². The zero-order valence-electron chi connectivity index (χ0n) is 14.6. The summed E-state index contributed by atoms with van der Waals surface area (Å²) in [4.78, 5) is 0. The van der Waals surface area contributed by atoms with Gasteiger partial charge in [-0.2, -0.15) is 0 Å². The van der Waals surface area contributed by atoms with Crippen molar-refractivity contribution in [3.05, 3.63) is 0 Å². The molecule has 0 atom stereocenters.